The third-order valence-corrected chi connectivity index (χ3v) is 3.48. The van der Waals surface area contributed by atoms with Gasteiger partial charge in [0.25, 0.3) is 5.85 Å². The molecular weight excluding hydrogens is 287 g/mol. The molecule has 0 bridgehead atoms. The van der Waals surface area contributed by atoms with Crippen LogP contribution in [0.15, 0.2) is 17.4 Å². The summed E-state index contributed by atoms with van der Waals surface area (Å²) in [5.41, 5.74) is 12.3. The van der Waals surface area contributed by atoms with E-state index in [4.69, 9.17) is 21.1 Å². The summed E-state index contributed by atoms with van der Waals surface area (Å²) in [7, 11) is 0. The molecule has 10 nitrogen and oxygen atoms in total. The van der Waals surface area contributed by atoms with Crippen molar-refractivity contribution in [2.45, 2.75) is 36.8 Å². The van der Waals surface area contributed by atoms with Gasteiger partial charge in [-0.3, -0.25) is 4.90 Å². The minimum absolute atomic E-state index is 0.719. The summed E-state index contributed by atoms with van der Waals surface area (Å²) in [5, 5.41) is 24.8. The van der Waals surface area contributed by atoms with E-state index in [-0.39, 0.29) is 0 Å². The van der Waals surface area contributed by atoms with Crippen LogP contribution in [0.5, 0.6) is 0 Å². The summed E-state index contributed by atoms with van der Waals surface area (Å²) in [6.45, 7) is 0.0502. The van der Waals surface area contributed by atoms with Crippen LogP contribution in [-0.2, 0) is 4.74 Å². The normalized spacial score (nSPS) is 42.6. The number of urea groups is 1. The molecule has 1 unspecified atom stereocenters. The molecule has 5 atom stereocenters. The summed E-state index contributed by atoms with van der Waals surface area (Å²) in [6.07, 6.45) is -1.52. The molecule has 0 spiro atoms. The smallest absolute Gasteiger partial charge is 0.325 e. The first-order valence-electron chi connectivity index (χ1n) is 6.03. The Bertz CT molecular complexity index is 526. The predicted octanol–water partition coefficient (Wildman–Crippen LogP) is -0.746. The minimum Gasteiger partial charge on any atom is -0.390 e. The Hall–Kier alpha value is -1.91. The predicted molar refractivity (Wildman–Crippen MR) is 66.8 cm³/mol. The van der Waals surface area contributed by atoms with Crippen molar-refractivity contribution < 1.29 is 24.1 Å². The third kappa shape index (κ3) is 2.30. The molecule has 2 aliphatic rings. The Morgan fingerprint density at radius 1 is 1.76 bits per heavy atom. The summed E-state index contributed by atoms with van der Waals surface area (Å²) < 4.78 is 19.3. The Morgan fingerprint density at radius 3 is 2.95 bits per heavy atom. The van der Waals surface area contributed by atoms with Gasteiger partial charge in [0, 0.05) is 11.1 Å². The number of rotatable bonds is 3. The van der Waals surface area contributed by atoms with Crippen LogP contribution in [0.1, 0.15) is 6.92 Å². The standard InChI is InChI=1S/C10H15FN6O4/c1-9(15-16-13)6(19)10(11,4-18)21-7(9)17-3-2-5(12)14-8(17)20/h2-3,5-7,18-19H,4,12H2,1H3,(H,14,20)/t5?,6-,7+,9+,10+/m0/s1. The molecule has 2 heterocycles. The maximum atomic E-state index is 14.3. The van der Waals surface area contributed by atoms with E-state index in [0.29, 0.717) is 0 Å². The monoisotopic (exact) mass is 302 g/mol. The Kier molecular flexibility index (Phi) is 3.78. The molecule has 0 saturated carbocycles. The van der Waals surface area contributed by atoms with Gasteiger partial charge in [0.15, 0.2) is 6.23 Å². The number of nitrogens with zero attached hydrogens (tertiary/aromatic N) is 4. The second kappa shape index (κ2) is 5.13. The van der Waals surface area contributed by atoms with E-state index in [2.05, 4.69) is 15.3 Å². The topological polar surface area (TPSA) is 157 Å². The van der Waals surface area contributed by atoms with Crippen molar-refractivity contribution in [1.29, 1.82) is 0 Å². The van der Waals surface area contributed by atoms with Crippen molar-refractivity contribution in [2.24, 2.45) is 10.8 Å². The zero-order chi connectivity index (χ0) is 15.8. The number of hydrogen-bond acceptors (Lipinski definition) is 6. The van der Waals surface area contributed by atoms with Crippen LogP contribution in [0.2, 0.25) is 0 Å². The van der Waals surface area contributed by atoms with Crippen LogP contribution in [0.4, 0.5) is 9.18 Å². The number of halogens is 1. The van der Waals surface area contributed by atoms with Gasteiger partial charge in [-0.2, -0.15) is 0 Å². The fourth-order valence-corrected chi connectivity index (χ4v) is 2.31. The summed E-state index contributed by atoms with van der Waals surface area (Å²) in [5.74, 6) is -2.86. The highest BCUT2D eigenvalue weighted by molar-refractivity contribution is 5.77. The Labute approximate surface area is 118 Å². The largest absolute Gasteiger partial charge is 0.390 e. The first kappa shape index (κ1) is 15.5. The Morgan fingerprint density at radius 2 is 2.43 bits per heavy atom. The van der Waals surface area contributed by atoms with E-state index in [1.807, 2.05) is 0 Å². The number of carbonyl (C=O) groups excluding carboxylic acids is 1. The number of aliphatic hydroxyl groups excluding tert-OH is 2. The average Bonchev–Trinajstić information content (AvgIpc) is 2.62. The molecule has 0 aromatic carbocycles. The fraction of sp³-hybridized carbons (Fsp3) is 0.700. The molecule has 5 N–H and O–H groups in total. The molecule has 11 heteroatoms. The number of alkyl halides is 1. The van der Waals surface area contributed by atoms with Crippen molar-refractivity contribution in [3.63, 3.8) is 0 Å². The number of carbonyl (C=O) groups is 1. The van der Waals surface area contributed by atoms with Crippen LogP contribution < -0.4 is 11.1 Å². The summed E-state index contributed by atoms with van der Waals surface area (Å²) >= 11 is 0. The number of nitrogens with one attached hydrogen (secondary N) is 1. The van der Waals surface area contributed by atoms with Crippen LogP contribution in [0, 0.1) is 0 Å². The van der Waals surface area contributed by atoms with Crippen LogP contribution in [-0.4, -0.2) is 57.6 Å². The molecule has 21 heavy (non-hydrogen) atoms. The number of azide groups is 1. The van der Waals surface area contributed by atoms with Gasteiger partial charge >= 0.3 is 6.03 Å². The lowest BCUT2D eigenvalue weighted by Crippen LogP contribution is -2.58. The van der Waals surface area contributed by atoms with Gasteiger partial charge in [0.05, 0.1) is 6.17 Å². The summed E-state index contributed by atoms with van der Waals surface area (Å²) in [6, 6.07) is -0.719. The second-order valence-electron chi connectivity index (χ2n) is 4.96. The van der Waals surface area contributed by atoms with Crippen molar-refractivity contribution in [1.82, 2.24) is 10.2 Å². The molecule has 2 aliphatic heterocycles. The molecule has 1 fully saturated rings. The molecular formula is C10H15FN6O4. The second-order valence-corrected chi connectivity index (χ2v) is 4.96. The molecule has 0 aromatic rings. The third-order valence-electron chi connectivity index (χ3n) is 3.48. The van der Waals surface area contributed by atoms with E-state index < -0.39 is 42.5 Å². The first-order chi connectivity index (χ1) is 9.78. The van der Waals surface area contributed by atoms with Crippen molar-refractivity contribution in [3.8, 4) is 0 Å². The van der Waals surface area contributed by atoms with Crippen molar-refractivity contribution in [3.05, 3.63) is 22.7 Å². The van der Waals surface area contributed by atoms with E-state index in [0.717, 1.165) is 4.90 Å². The minimum atomic E-state index is -2.86. The number of nitrogens with two attached hydrogens (primary N) is 1. The van der Waals surface area contributed by atoms with E-state index in [1.165, 1.54) is 19.2 Å². The van der Waals surface area contributed by atoms with Crippen LogP contribution in [0.25, 0.3) is 10.4 Å². The van der Waals surface area contributed by atoms with Gasteiger partial charge in [0.2, 0.25) is 0 Å². The summed E-state index contributed by atoms with van der Waals surface area (Å²) in [4.78, 5) is 15.3. The van der Waals surface area contributed by atoms with Crippen LogP contribution >= 0.6 is 0 Å². The van der Waals surface area contributed by atoms with Gasteiger partial charge in [-0.1, -0.05) is 5.11 Å². The number of hydrogen-bond donors (Lipinski definition) is 4. The van der Waals surface area contributed by atoms with Crippen molar-refractivity contribution >= 4 is 6.03 Å². The maximum Gasteiger partial charge on any atom is 0.325 e. The lowest BCUT2D eigenvalue weighted by atomic mass is 9.91. The zero-order valence-corrected chi connectivity index (χ0v) is 11.0. The number of aliphatic hydroxyl groups is 2. The molecule has 2 amide bonds. The number of ether oxygens (including phenoxy) is 1. The first-order valence-corrected chi connectivity index (χ1v) is 6.03. The van der Waals surface area contributed by atoms with Crippen LogP contribution in [0.3, 0.4) is 0 Å². The van der Waals surface area contributed by atoms with E-state index in [9.17, 15) is 14.3 Å². The van der Waals surface area contributed by atoms with E-state index >= 15 is 0 Å². The number of amides is 2. The molecule has 1 saturated heterocycles. The maximum absolute atomic E-state index is 14.3. The highest BCUT2D eigenvalue weighted by atomic mass is 19.2. The van der Waals surface area contributed by atoms with Gasteiger partial charge < -0.3 is 26.0 Å². The lowest BCUT2D eigenvalue weighted by molar-refractivity contribution is -0.208. The Balaban J connectivity index is 2.43. The van der Waals surface area contributed by atoms with Crippen molar-refractivity contribution in [2.75, 3.05) is 6.61 Å². The lowest BCUT2D eigenvalue weighted by Gasteiger charge is -2.36. The van der Waals surface area contributed by atoms with Gasteiger partial charge in [-0.05, 0) is 18.5 Å². The van der Waals surface area contributed by atoms with Gasteiger partial charge in [0.1, 0.15) is 18.2 Å². The average molecular weight is 302 g/mol. The highest BCUT2D eigenvalue weighted by Crippen LogP contribution is 2.43. The van der Waals surface area contributed by atoms with Gasteiger partial charge in [-0.15, -0.1) is 0 Å². The highest BCUT2D eigenvalue weighted by Gasteiger charge is 2.64. The quantitative estimate of drug-likeness (QED) is 0.306. The molecule has 0 radical (unpaired) electrons. The molecule has 0 aromatic heterocycles. The van der Waals surface area contributed by atoms with Gasteiger partial charge in [-0.25, -0.2) is 9.18 Å². The SMILES string of the molecule is C[C@]1(N=[N+]=[N-])[C@H](N2C=CC(N)NC2=O)O[C@](F)(CO)[C@H]1O. The molecule has 0 aliphatic carbocycles. The molecule has 116 valence electrons. The van der Waals surface area contributed by atoms with E-state index in [1.54, 1.807) is 0 Å². The molecule has 2 rings (SSSR count). The fourth-order valence-electron chi connectivity index (χ4n) is 2.31. The zero-order valence-electron chi connectivity index (χ0n) is 11.0.